The van der Waals surface area contributed by atoms with Crippen LogP contribution in [-0.4, -0.2) is 22.4 Å². The van der Waals surface area contributed by atoms with Gasteiger partial charge < -0.3 is 14.6 Å². The van der Waals surface area contributed by atoms with E-state index in [-0.39, 0.29) is 6.04 Å². The third-order valence-electron chi connectivity index (χ3n) is 6.31. The van der Waals surface area contributed by atoms with Gasteiger partial charge in [-0.05, 0) is 86.9 Å². The van der Waals surface area contributed by atoms with Crippen LogP contribution in [0.5, 0.6) is 5.75 Å². The van der Waals surface area contributed by atoms with Gasteiger partial charge in [-0.3, -0.25) is 4.90 Å². The fraction of sp³-hybridized carbons (Fsp3) is 0.207. The summed E-state index contributed by atoms with van der Waals surface area (Å²) in [5.74, 6) is 1.76. The fourth-order valence-corrected chi connectivity index (χ4v) is 5.08. The van der Waals surface area contributed by atoms with E-state index >= 15 is 0 Å². The molecular formula is C29H28N4O2S. The highest BCUT2D eigenvalue weighted by atomic mass is 32.1. The molecule has 1 unspecified atom stereocenters. The molecule has 6 nitrogen and oxygen atoms in total. The molecule has 1 atom stereocenters. The highest BCUT2D eigenvalue weighted by Crippen LogP contribution is 2.40. The SMILES string of the molecule is COc1cccc(C2NC(=S)N(c3cc(C)cc(C)c3)C(C)=C2c2nc(-c3cccc(C)c3)no2)c1. The Labute approximate surface area is 216 Å². The Balaban J connectivity index is 1.68. The first-order chi connectivity index (χ1) is 17.3. The summed E-state index contributed by atoms with van der Waals surface area (Å²) in [7, 11) is 1.66. The topological polar surface area (TPSA) is 63.4 Å². The van der Waals surface area contributed by atoms with E-state index in [2.05, 4.69) is 42.5 Å². The molecule has 0 spiro atoms. The van der Waals surface area contributed by atoms with Crippen LogP contribution in [-0.2, 0) is 0 Å². The summed E-state index contributed by atoms with van der Waals surface area (Å²) in [6.45, 7) is 8.26. The van der Waals surface area contributed by atoms with Crippen LogP contribution in [0.3, 0.4) is 0 Å². The first kappa shape index (κ1) is 23.8. The molecule has 0 saturated carbocycles. The van der Waals surface area contributed by atoms with Crippen molar-refractivity contribution in [3.63, 3.8) is 0 Å². The zero-order chi connectivity index (χ0) is 25.4. The Hall–Kier alpha value is -3.97. The number of hydrogen-bond acceptors (Lipinski definition) is 5. The number of benzene rings is 3. The Morgan fingerprint density at radius 2 is 1.67 bits per heavy atom. The summed E-state index contributed by atoms with van der Waals surface area (Å²) in [6, 6.07) is 22.1. The second-order valence-electron chi connectivity index (χ2n) is 9.13. The normalized spacial score (nSPS) is 15.8. The van der Waals surface area contributed by atoms with E-state index in [1.807, 2.05) is 67.3 Å². The third kappa shape index (κ3) is 4.50. The Morgan fingerprint density at radius 1 is 0.917 bits per heavy atom. The van der Waals surface area contributed by atoms with Crippen LogP contribution in [0.2, 0.25) is 0 Å². The van der Waals surface area contributed by atoms with Crippen molar-refractivity contribution in [2.75, 3.05) is 12.0 Å². The second-order valence-corrected chi connectivity index (χ2v) is 9.52. The third-order valence-corrected chi connectivity index (χ3v) is 6.61. The zero-order valence-corrected chi connectivity index (χ0v) is 21.8. The molecule has 182 valence electrons. The molecule has 1 aromatic heterocycles. The van der Waals surface area contributed by atoms with Crippen molar-refractivity contribution in [1.82, 2.24) is 15.5 Å². The van der Waals surface area contributed by atoms with Crippen molar-refractivity contribution in [3.8, 4) is 17.1 Å². The summed E-state index contributed by atoms with van der Waals surface area (Å²) in [4.78, 5) is 6.87. The largest absolute Gasteiger partial charge is 0.497 e. The number of anilines is 1. The van der Waals surface area contributed by atoms with Crippen molar-refractivity contribution < 1.29 is 9.26 Å². The predicted molar refractivity (Wildman–Crippen MR) is 147 cm³/mol. The molecule has 0 amide bonds. The van der Waals surface area contributed by atoms with Gasteiger partial charge in [0.15, 0.2) is 5.11 Å². The second kappa shape index (κ2) is 9.59. The van der Waals surface area contributed by atoms with Crippen LogP contribution < -0.4 is 15.0 Å². The molecule has 0 fully saturated rings. The first-order valence-corrected chi connectivity index (χ1v) is 12.2. The van der Waals surface area contributed by atoms with Gasteiger partial charge in [-0.15, -0.1) is 0 Å². The summed E-state index contributed by atoms with van der Waals surface area (Å²) in [5.41, 5.74) is 8.14. The van der Waals surface area contributed by atoms with Crippen molar-refractivity contribution in [2.45, 2.75) is 33.7 Å². The molecule has 1 N–H and O–H groups in total. The molecule has 1 aliphatic rings. The highest BCUT2D eigenvalue weighted by Gasteiger charge is 2.35. The lowest BCUT2D eigenvalue weighted by atomic mass is 9.94. The maximum absolute atomic E-state index is 5.89. The average molecular weight is 497 g/mol. The van der Waals surface area contributed by atoms with E-state index in [4.69, 9.17) is 26.5 Å². The van der Waals surface area contributed by atoms with Crippen LogP contribution in [0.1, 0.15) is 41.1 Å². The smallest absolute Gasteiger partial charge is 0.258 e. The number of aromatic nitrogens is 2. The standard InChI is InChI=1S/C29H28N4O2S/c1-17-8-6-10-22(13-17)27-31-28(35-32-27)25-20(4)33(23-14-18(2)12-19(3)15-23)29(36)30-26(25)21-9-7-11-24(16-21)34-5/h6-16,26H,1-5H3,(H,30,36). The summed E-state index contributed by atoms with van der Waals surface area (Å²) < 4.78 is 11.4. The lowest BCUT2D eigenvalue weighted by molar-refractivity contribution is 0.403. The Morgan fingerprint density at radius 3 is 2.39 bits per heavy atom. The molecule has 0 aliphatic carbocycles. The van der Waals surface area contributed by atoms with Crippen molar-refractivity contribution >= 4 is 28.6 Å². The van der Waals surface area contributed by atoms with Crippen LogP contribution in [0, 0.1) is 20.8 Å². The minimum Gasteiger partial charge on any atom is -0.497 e. The number of hydrogen-bond donors (Lipinski definition) is 1. The molecule has 36 heavy (non-hydrogen) atoms. The molecule has 4 aromatic rings. The number of rotatable bonds is 5. The Kier molecular flexibility index (Phi) is 6.33. The first-order valence-electron chi connectivity index (χ1n) is 11.8. The lowest BCUT2D eigenvalue weighted by Crippen LogP contribution is -2.46. The molecule has 7 heteroatoms. The van der Waals surface area contributed by atoms with E-state index < -0.39 is 0 Å². The summed E-state index contributed by atoms with van der Waals surface area (Å²) >= 11 is 5.89. The summed E-state index contributed by atoms with van der Waals surface area (Å²) in [5, 5.41) is 8.45. The molecule has 1 aliphatic heterocycles. The van der Waals surface area contributed by atoms with Crippen LogP contribution in [0.25, 0.3) is 17.0 Å². The van der Waals surface area contributed by atoms with Crippen molar-refractivity contribution in [2.24, 2.45) is 0 Å². The molecule has 2 heterocycles. The maximum Gasteiger partial charge on any atom is 0.258 e. The molecule has 5 rings (SSSR count). The maximum atomic E-state index is 5.89. The molecule has 0 radical (unpaired) electrons. The van der Waals surface area contributed by atoms with Gasteiger partial charge >= 0.3 is 0 Å². The van der Waals surface area contributed by atoms with Crippen molar-refractivity contribution in [3.05, 3.63) is 101 Å². The van der Waals surface area contributed by atoms with E-state index in [1.54, 1.807) is 7.11 Å². The van der Waals surface area contributed by atoms with Gasteiger partial charge in [0, 0.05) is 16.9 Å². The predicted octanol–water partition coefficient (Wildman–Crippen LogP) is 6.54. The number of nitrogens with zero attached hydrogens (tertiary/aromatic N) is 3. The van der Waals surface area contributed by atoms with Gasteiger partial charge in [-0.2, -0.15) is 4.98 Å². The summed E-state index contributed by atoms with van der Waals surface area (Å²) in [6.07, 6.45) is 0. The molecule has 0 saturated heterocycles. The number of allylic oxidation sites excluding steroid dienone is 1. The number of ether oxygens (including phenoxy) is 1. The van der Waals surface area contributed by atoms with Gasteiger partial charge in [0.25, 0.3) is 5.89 Å². The van der Waals surface area contributed by atoms with Crippen LogP contribution in [0.15, 0.2) is 77.0 Å². The quantitative estimate of drug-likeness (QED) is 0.315. The zero-order valence-electron chi connectivity index (χ0n) is 21.0. The average Bonchev–Trinajstić information content (AvgIpc) is 3.33. The number of thiocarbonyl (C=S) groups is 1. The van der Waals surface area contributed by atoms with E-state index in [9.17, 15) is 0 Å². The van der Waals surface area contributed by atoms with E-state index in [1.165, 1.54) is 0 Å². The van der Waals surface area contributed by atoms with Gasteiger partial charge in [-0.1, -0.05) is 47.1 Å². The lowest BCUT2D eigenvalue weighted by Gasteiger charge is -2.37. The number of aryl methyl sites for hydroxylation is 3. The fourth-order valence-electron chi connectivity index (χ4n) is 4.72. The van der Waals surface area contributed by atoms with Gasteiger partial charge in [0.2, 0.25) is 5.82 Å². The van der Waals surface area contributed by atoms with E-state index in [0.717, 1.165) is 50.5 Å². The number of methoxy groups -OCH3 is 1. The van der Waals surface area contributed by atoms with Gasteiger partial charge in [0.05, 0.1) is 18.7 Å². The minimum absolute atomic E-state index is 0.291. The molecule has 3 aromatic carbocycles. The highest BCUT2D eigenvalue weighted by molar-refractivity contribution is 7.80. The molecule has 0 bridgehead atoms. The Bertz CT molecular complexity index is 1470. The number of nitrogens with one attached hydrogen (secondary N) is 1. The minimum atomic E-state index is -0.291. The van der Waals surface area contributed by atoms with Crippen LogP contribution >= 0.6 is 12.2 Å². The van der Waals surface area contributed by atoms with Gasteiger partial charge in [0.1, 0.15) is 5.75 Å². The van der Waals surface area contributed by atoms with Gasteiger partial charge in [-0.25, -0.2) is 0 Å². The monoisotopic (exact) mass is 496 g/mol. The van der Waals surface area contributed by atoms with E-state index in [0.29, 0.717) is 16.8 Å². The van der Waals surface area contributed by atoms with Crippen molar-refractivity contribution in [1.29, 1.82) is 0 Å². The molecular weight excluding hydrogens is 468 g/mol. The van der Waals surface area contributed by atoms with Crippen LogP contribution in [0.4, 0.5) is 5.69 Å².